The van der Waals surface area contributed by atoms with E-state index >= 15 is 0 Å². The second kappa shape index (κ2) is 13.3. The van der Waals surface area contributed by atoms with Crippen molar-refractivity contribution in [2.24, 2.45) is 0 Å². The van der Waals surface area contributed by atoms with Crippen LogP contribution in [-0.4, -0.2) is 131 Å². The molecule has 35 heavy (non-hydrogen) atoms. The van der Waals surface area contributed by atoms with Gasteiger partial charge in [-0.15, -0.1) is 0 Å². The molecular weight excluding hydrogens is 454 g/mol. The van der Waals surface area contributed by atoms with Crippen LogP contribution >= 0.6 is 0 Å². The van der Waals surface area contributed by atoms with Crippen LogP contribution in [0.1, 0.15) is 24.2 Å². The Kier molecular flexibility index (Phi) is 10.4. The van der Waals surface area contributed by atoms with Gasteiger partial charge >= 0.3 is 0 Å². The molecule has 0 bridgehead atoms. The average Bonchev–Trinajstić information content (AvgIpc) is 2.86. The zero-order valence-corrected chi connectivity index (χ0v) is 21.7. The van der Waals surface area contributed by atoms with Crippen LogP contribution in [0, 0.1) is 0 Å². The first-order valence-corrected chi connectivity index (χ1v) is 12.3. The number of nitrogens with zero attached hydrogens (tertiary/aromatic N) is 3. The maximum absolute atomic E-state index is 13.2. The van der Waals surface area contributed by atoms with Gasteiger partial charge in [-0.05, 0) is 26.0 Å². The number of piperazine rings is 1. The molecule has 2 unspecified atom stereocenters. The molecule has 2 aliphatic rings. The van der Waals surface area contributed by atoms with Gasteiger partial charge in [0.1, 0.15) is 0 Å². The number of hydrogen-bond donors (Lipinski definition) is 1. The van der Waals surface area contributed by atoms with Crippen LogP contribution in [0.25, 0.3) is 0 Å². The van der Waals surface area contributed by atoms with Gasteiger partial charge in [0, 0.05) is 57.9 Å². The number of aliphatic hydroxyl groups excluding tert-OH is 1. The van der Waals surface area contributed by atoms with E-state index in [0.717, 1.165) is 32.7 Å². The van der Waals surface area contributed by atoms with Crippen molar-refractivity contribution in [1.82, 2.24) is 14.7 Å². The molecule has 2 aliphatic heterocycles. The van der Waals surface area contributed by atoms with Crippen molar-refractivity contribution in [3.8, 4) is 17.2 Å². The van der Waals surface area contributed by atoms with E-state index in [2.05, 4.69) is 9.80 Å². The van der Waals surface area contributed by atoms with E-state index in [1.807, 2.05) is 18.7 Å². The Morgan fingerprint density at radius 3 is 2.26 bits per heavy atom. The van der Waals surface area contributed by atoms with E-state index < -0.39 is 6.10 Å². The Morgan fingerprint density at radius 1 is 1.03 bits per heavy atom. The molecule has 0 saturated carbocycles. The van der Waals surface area contributed by atoms with E-state index in [4.69, 9.17) is 23.7 Å². The normalized spacial score (nSPS) is 20.7. The molecule has 1 amide bonds. The fraction of sp³-hybridized carbons (Fsp3) is 0.720. The molecular formula is C25H41N3O7. The van der Waals surface area contributed by atoms with Crippen LogP contribution in [0.15, 0.2) is 12.1 Å². The smallest absolute Gasteiger partial charge is 0.254 e. The lowest BCUT2D eigenvalue weighted by atomic mass is 10.1. The Bertz CT molecular complexity index is 789. The summed E-state index contributed by atoms with van der Waals surface area (Å²) in [6.45, 7) is 10.8. The second-order valence-corrected chi connectivity index (χ2v) is 9.30. The van der Waals surface area contributed by atoms with Crippen LogP contribution in [0.5, 0.6) is 17.2 Å². The largest absolute Gasteiger partial charge is 0.493 e. The van der Waals surface area contributed by atoms with E-state index in [-0.39, 0.29) is 18.1 Å². The van der Waals surface area contributed by atoms with Crippen LogP contribution in [0.2, 0.25) is 0 Å². The third kappa shape index (κ3) is 7.68. The predicted octanol–water partition coefficient (Wildman–Crippen LogP) is 0.957. The van der Waals surface area contributed by atoms with Gasteiger partial charge in [0.2, 0.25) is 5.75 Å². The summed E-state index contributed by atoms with van der Waals surface area (Å²) in [5.74, 6) is 1.35. The van der Waals surface area contributed by atoms with E-state index in [0.29, 0.717) is 55.7 Å². The topological polar surface area (TPSA) is 93.2 Å². The molecule has 0 aromatic heterocycles. The number of ether oxygens (including phenoxy) is 5. The number of carbonyl (C=O) groups excluding carboxylic acids is 1. The Labute approximate surface area is 208 Å². The minimum atomic E-state index is -0.499. The van der Waals surface area contributed by atoms with Crippen molar-refractivity contribution in [3.63, 3.8) is 0 Å². The second-order valence-electron chi connectivity index (χ2n) is 9.30. The standard InChI is InChI=1S/C25H41N3O7/c1-18(2)35-17-20(29)14-27-10-11-34-21(16-27)15-26-6-8-28(9-7-26)25(30)19-12-22(31-3)24(33-5)23(13-19)32-4/h12-13,18,20-21,29H,6-11,14-17H2,1-5H3. The van der Waals surface area contributed by atoms with Crippen LogP contribution in [0.3, 0.4) is 0 Å². The molecule has 2 heterocycles. The number of β-amino-alcohol motifs (C(OH)–C–C–N with tert-alkyl or cyclic N) is 1. The first-order chi connectivity index (χ1) is 16.8. The van der Waals surface area contributed by atoms with Crippen molar-refractivity contribution in [1.29, 1.82) is 0 Å². The summed E-state index contributed by atoms with van der Waals surface area (Å²) in [4.78, 5) is 19.6. The third-order valence-electron chi connectivity index (χ3n) is 6.35. The average molecular weight is 496 g/mol. The van der Waals surface area contributed by atoms with E-state index in [9.17, 15) is 9.90 Å². The zero-order valence-electron chi connectivity index (χ0n) is 21.7. The highest BCUT2D eigenvalue weighted by Crippen LogP contribution is 2.38. The van der Waals surface area contributed by atoms with Gasteiger partial charge in [0.25, 0.3) is 5.91 Å². The molecule has 10 nitrogen and oxygen atoms in total. The Morgan fingerprint density at radius 2 is 1.69 bits per heavy atom. The molecule has 10 heteroatoms. The van der Waals surface area contributed by atoms with Crippen molar-refractivity contribution in [3.05, 3.63) is 17.7 Å². The number of methoxy groups -OCH3 is 3. The number of morpholine rings is 1. The monoisotopic (exact) mass is 495 g/mol. The highest BCUT2D eigenvalue weighted by molar-refractivity contribution is 5.95. The highest BCUT2D eigenvalue weighted by atomic mass is 16.5. The highest BCUT2D eigenvalue weighted by Gasteiger charge is 2.28. The maximum atomic E-state index is 13.2. The molecule has 0 spiro atoms. The fourth-order valence-corrected chi connectivity index (χ4v) is 4.52. The summed E-state index contributed by atoms with van der Waals surface area (Å²) >= 11 is 0. The van der Waals surface area contributed by atoms with Gasteiger partial charge in [-0.1, -0.05) is 0 Å². The number of amides is 1. The summed E-state index contributed by atoms with van der Waals surface area (Å²) in [6, 6.07) is 3.39. The molecule has 0 radical (unpaired) electrons. The van der Waals surface area contributed by atoms with Crippen LogP contribution in [-0.2, 0) is 9.47 Å². The lowest BCUT2D eigenvalue weighted by Gasteiger charge is -2.39. The van der Waals surface area contributed by atoms with Crippen molar-refractivity contribution < 1.29 is 33.6 Å². The van der Waals surface area contributed by atoms with Gasteiger partial charge in [-0.25, -0.2) is 0 Å². The summed E-state index contributed by atoms with van der Waals surface area (Å²) in [5, 5.41) is 10.3. The first kappa shape index (κ1) is 27.5. The lowest BCUT2D eigenvalue weighted by Crippen LogP contribution is -2.54. The fourth-order valence-electron chi connectivity index (χ4n) is 4.52. The van der Waals surface area contributed by atoms with E-state index in [1.54, 1.807) is 33.5 Å². The summed E-state index contributed by atoms with van der Waals surface area (Å²) in [7, 11) is 4.62. The molecule has 2 atom stereocenters. The molecule has 0 aliphatic carbocycles. The zero-order chi connectivity index (χ0) is 25.4. The molecule has 2 saturated heterocycles. The summed E-state index contributed by atoms with van der Waals surface area (Å²) in [5.41, 5.74) is 0.513. The third-order valence-corrected chi connectivity index (χ3v) is 6.35. The van der Waals surface area contributed by atoms with E-state index in [1.165, 1.54) is 0 Å². The Balaban J connectivity index is 1.49. The van der Waals surface area contributed by atoms with Gasteiger partial charge in [0.05, 0.1) is 52.9 Å². The number of hydrogen-bond acceptors (Lipinski definition) is 9. The van der Waals surface area contributed by atoms with Gasteiger partial charge in [-0.2, -0.15) is 0 Å². The van der Waals surface area contributed by atoms with Gasteiger partial charge in [-0.3, -0.25) is 14.6 Å². The minimum absolute atomic E-state index is 0.0541. The van der Waals surface area contributed by atoms with Crippen molar-refractivity contribution >= 4 is 5.91 Å². The first-order valence-electron chi connectivity index (χ1n) is 12.3. The number of aliphatic hydroxyl groups is 1. The van der Waals surface area contributed by atoms with Crippen molar-refractivity contribution in [2.45, 2.75) is 32.2 Å². The van der Waals surface area contributed by atoms with Crippen molar-refractivity contribution in [2.75, 3.05) is 86.9 Å². The predicted molar refractivity (Wildman–Crippen MR) is 132 cm³/mol. The Hall–Kier alpha value is -2.11. The van der Waals surface area contributed by atoms with Gasteiger partial charge in [0.15, 0.2) is 11.5 Å². The number of carbonyl (C=O) groups is 1. The number of benzene rings is 1. The van der Waals surface area contributed by atoms with Crippen LogP contribution in [0.4, 0.5) is 0 Å². The van der Waals surface area contributed by atoms with Crippen LogP contribution < -0.4 is 14.2 Å². The van der Waals surface area contributed by atoms with Gasteiger partial charge < -0.3 is 33.7 Å². The maximum Gasteiger partial charge on any atom is 0.254 e. The molecule has 2 fully saturated rings. The molecule has 3 rings (SSSR count). The number of rotatable bonds is 11. The molecule has 198 valence electrons. The summed E-state index contributed by atoms with van der Waals surface area (Å²) in [6.07, 6.45) is -0.304. The minimum Gasteiger partial charge on any atom is -0.493 e. The molecule has 1 aromatic rings. The SMILES string of the molecule is COc1cc(C(=O)N2CCN(CC3CN(CC(O)COC(C)C)CCO3)CC2)cc(OC)c1OC. The lowest BCUT2D eigenvalue weighted by molar-refractivity contribution is -0.0670. The molecule has 1 aromatic carbocycles. The molecule has 1 N–H and O–H groups in total. The quantitative estimate of drug-likeness (QED) is 0.482. The summed E-state index contributed by atoms with van der Waals surface area (Å²) < 4.78 is 27.7.